The smallest absolute Gasteiger partial charge is 0.251 e. The van der Waals surface area contributed by atoms with Crippen LogP contribution in [0.4, 0.5) is 8.78 Å². The summed E-state index contributed by atoms with van der Waals surface area (Å²) in [5, 5.41) is 2.88. The predicted molar refractivity (Wildman–Crippen MR) is 135 cm³/mol. The van der Waals surface area contributed by atoms with Crippen LogP contribution in [0.3, 0.4) is 0 Å². The average Bonchev–Trinajstić information content (AvgIpc) is 3.06. The molecule has 2 aromatic rings. The highest BCUT2D eigenvalue weighted by Crippen LogP contribution is 2.41. The van der Waals surface area contributed by atoms with Crippen LogP contribution in [0.25, 0.3) is 0 Å². The van der Waals surface area contributed by atoms with Crippen molar-refractivity contribution in [1.82, 2.24) is 15.3 Å². The fourth-order valence-electron chi connectivity index (χ4n) is 4.62. The Morgan fingerprint density at radius 1 is 1.08 bits per heavy atom. The second-order valence-corrected chi connectivity index (χ2v) is 9.77. The number of aryl methyl sites for hydroxylation is 1. The lowest BCUT2D eigenvalue weighted by molar-refractivity contribution is 0.00461. The van der Waals surface area contributed by atoms with Crippen molar-refractivity contribution >= 4 is 11.7 Å². The lowest BCUT2D eigenvalue weighted by Gasteiger charge is -2.14. The third-order valence-corrected chi connectivity index (χ3v) is 6.74. The molecule has 7 heteroatoms. The molecule has 1 N–H and O–H groups in total. The third kappa shape index (κ3) is 6.80. The molecule has 5 nitrogen and oxygen atoms in total. The Morgan fingerprint density at radius 2 is 1.83 bits per heavy atom. The standard InChI is InChI=1S/C29H31F2N3O2/c1-19-4-3-5-23(8-6-19)24-12-25(27(35)9-7-21-10-11-29(30,31)15-21)14-26(13-24)28(36)34-18-22-16-32-20(2)33-17-22/h3-6,8,12-14,16-17,21,23H,7,9-11,15,18H2,1-2H3,(H,34,36). The summed E-state index contributed by atoms with van der Waals surface area (Å²) in [6.45, 7) is 4.05. The predicted octanol–water partition coefficient (Wildman–Crippen LogP) is 6.27. The number of hydrogen-bond acceptors (Lipinski definition) is 4. The van der Waals surface area contributed by atoms with Gasteiger partial charge in [0.2, 0.25) is 5.92 Å². The molecule has 1 amide bonds. The fourth-order valence-corrected chi connectivity index (χ4v) is 4.62. The maximum atomic E-state index is 13.6. The summed E-state index contributed by atoms with van der Waals surface area (Å²) in [5.74, 6) is -2.66. The molecule has 0 aliphatic heterocycles. The molecule has 0 saturated heterocycles. The minimum Gasteiger partial charge on any atom is -0.348 e. The first kappa shape index (κ1) is 25.6. The number of carbonyl (C=O) groups excluding carboxylic acids is 2. The molecule has 0 spiro atoms. The number of benzene rings is 1. The molecule has 0 bridgehead atoms. The van der Waals surface area contributed by atoms with Gasteiger partial charge in [0.15, 0.2) is 5.78 Å². The van der Waals surface area contributed by atoms with E-state index in [0.717, 1.165) is 16.7 Å². The SMILES string of the molecule is CC1=CC=CC(c2cc(C(=O)CCC3CCC(F)(F)C3)cc(C(=O)NCc3cnc(C)nc3)c2)C=C1. The lowest BCUT2D eigenvalue weighted by Crippen LogP contribution is -2.23. The summed E-state index contributed by atoms with van der Waals surface area (Å²) in [4.78, 5) is 34.5. The van der Waals surface area contributed by atoms with Crippen LogP contribution in [0.1, 0.15) is 82.6 Å². The molecule has 188 valence electrons. The number of allylic oxidation sites excluding steroid dienone is 6. The topological polar surface area (TPSA) is 72.0 Å². The zero-order chi connectivity index (χ0) is 25.7. The first-order chi connectivity index (χ1) is 17.2. The zero-order valence-corrected chi connectivity index (χ0v) is 20.6. The molecule has 1 fully saturated rings. The highest BCUT2D eigenvalue weighted by molar-refractivity contribution is 6.01. The van der Waals surface area contributed by atoms with Crippen molar-refractivity contribution in [2.24, 2.45) is 5.92 Å². The number of Topliss-reactive ketones (excluding diaryl/α,β-unsaturated/α-hetero) is 1. The molecular weight excluding hydrogens is 460 g/mol. The number of nitrogens with zero attached hydrogens (tertiary/aromatic N) is 2. The molecule has 1 aromatic carbocycles. The maximum absolute atomic E-state index is 13.6. The monoisotopic (exact) mass is 491 g/mol. The van der Waals surface area contributed by atoms with E-state index in [1.807, 2.05) is 43.4 Å². The molecule has 1 heterocycles. The van der Waals surface area contributed by atoms with Gasteiger partial charge in [0.1, 0.15) is 5.82 Å². The lowest BCUT2D eigenvalue weighted by atomic mass is 9.91. The molecule has 1 aromatic heterocycles. The Labute approximate surface area is 210 Å². The molecule has 1 saturated carbocycles. The van der Waals surface area contributed by atoms with E-state index in [2.05, 4.69) is 15.3 Å². The second kappa shape index (κ2) is 11.1. The van der Waals surface area contributed by atoms with Crippen molar-refractivity contribution < 1.29 is 18.4 Å². The van der Waals surface area contributed by atoms with Crippen LogP contribution in [0.2, 0.25) is 0 Å². The van der Waals surface area contributed by atoms with Gasteiger partial charge in [-0.3, -0.25) is 9.59 Å². The van der Waals surface area contributed by atoms with E-state index in [4.69, 9.17) is 0 Å². The Bertz CT molecular complexity index is 1220. The number of aromatic nitrogens is 2. The molecular formula is C29H31F2N3O2. The van der Waals surface area contributed by atoms with Gasteiger partial charge < -0.3 is 5.32 Å². The number of amides is 1. The van der Waals surface area contributed by atoms with E-state index in [1.165, 1.54) is 0 Å². The van der Waals surface area contributed by atoms with Crippen molar-refractivity contribution in [1.29, 1.82) is 0 Å². The molecule has 36 heavy (non-hydrogen) atoms. The van der Waals surface area contributed by atoms with Crippen LogP contribution in [0, 0.1) is 12.8 Å². The highest BCUT2D eigenvalue weighted by atomic mass is 19.3. The minimum absolute atomic E-state index is 0.1000. The molecule has 2 aliphatic carbocycles. The van der Waals surface area contributed by atoms with E-state index in [-0.39, 0.29) is 49.3 Å². The summed E-state index contributed by atoms with van der Waals surface area (Å²) in [7, 11) is 0. The van der Waals surface area contributed by atoms with Gasteiger partial charge >= 0.3 is 0 Å². The minimum atomic E-state index is -2.62. The van der Waals surface area contributed by atoms with E-state index >= 15 is 0 Å². The summed E-state index contributed by atoms with van der Waals surface area (Å²) in [6.07, 6.45) is 14.2. The van der Waals surface area contributed by atoms with Crippen LogP contribution in [-0.2, 0) is 6.54 Å². The van der Waals surface area contributed by atoms with Gasteiger partial charge in [-0.25, -0.2) is 18.7 Å². The normalized spacial score (nSPS) is 20.6. The molecule has 2 unspecified atom stereocenters. The quantitative estimate of drug-likeness (QED) is 0.442. The van der Waals surface area contributed by atoms with Gasteiger partial charge in [0.25, 0.3) is 5.91 Å². The number of alkyl halides is 2. The van der Waals surface area contributed by atoms with E-state index in [1.54, 1.807) is 31.5 Å². The third-order valence-electron chi connectivity index (χ3n) is 6.74. The average molecular weight is 492 g/mol. The fraction of sp³-hybridized carbons (Fsp3) is 0.379. The second-order valence-electron chi connectivity index (χ2n) is 9.77. The van der Waals surface area contributed by atoms with E-state index < -0.39 is 5.92 Å². The van der Waals surface area contributed by atoms with Crippen LogP contribution in [0.15, 0.2) is 66.5 Å². The summed E-state index contributed by atoms with van der Waals surface area (Å²) in [5.41, 5.74) is 3.51. The molecule has 0 radical (unpaired) electrons. The van der Waals surface area contributed by atoms with Crippen molar-refractivity contribution in [3.8, 4) is 0 Å². The molecule has 4 rings (SSSR count). The van der Waals surface area contributed by atoms with E-state index in [9.17, 15) is 18.4 Å². The van der Waals surface area contributed by atoms with Crippen LogP contribution in [0.5, 0.6) is 0 Å². The summed E-state index contributed by atoms with van der Waals surface area (Å²) >= 11 is 0. The molecule has 2 atom stereocenters. The van der Waals surface area contributed by atoms with Crippen molar-refractivity contribution in [3.63, 3.8) is 0 Å². The Hall–Kier alpha value is -3.48. The number of rotatable bonds is 8. The van der Waals surface area contributed by atoms with Crippen LogP contribution < -0.4 is 5.32 Å². The summed E-state index contributed by atoms with van der Waals surface area (Å²) < 4.78 is 27.1. The first-order valence-electron chi connectivity index (χ1n) is 12.3. The zero-order valence-electron chi connectivity index (χ0n) is 20.6. The van der Waals surface area contributed by atoms with Gasteiger partial charge in [-0.15, -0.1) is 0 Å². The highest BCUT2D eigenvalue weighted by Gasteiger charge is 2.39. The Balaban J connectivity index is 1.53. The van der Waals surface area contributed by atoms with Gasteiger partial charge in [0, 0.05) is 60.8 Å². The van der Waals surface area contributed by atoms with Gasteiger partial charge in [-0.2, -0.15) is 0 Å². The van der Waals surface area contributed by atoms with Crippen molar-refractivity contribution in [2.45, 2.75) is 64.3 Å². The number of ketones is 1. The van der Waals surface area contributed by atoms with Gasteiger partial charge in [0.05, 0.1) is 0 Å². The number of nitrogens with one attached hydrogen (secondary N) is 1. The maximum Gasteiger partial charge on any atom is 0.251 e. The Kier molecular flexibility index (Phi) is 7.87. The number of hydrogen-bond donors (Lipinski definition) is 1. The summed E-state index contributed by atoms with van der Waals surface area (Å²) in [6, 6.07) is 5.22. The number of carbonyl (C=O) groups is 2. The van der Waals surface area contributed by atoms with Gasteiger partial charge in [-0.1, -0.05) is 36.0 Å². The first-order valence-corrected chi connectivity index (χ1v) is 12.3. The molecule has 2 aliphatic rings. The largest absolute Gasteiger partial charge is 0.348 e. The van der Waals surface area contributed by atoms with Crippen molar-refractivity contribution in [2.75, 3.05) is 0 Å². The van der Waals surface area contributed by atoms with Crippen LogP contribution in [-0.4, -0.2) is 27.6 Å². The van der Waals surface area contributed by atoms with E-state index in [0.29, 0.717) is 29.8 Å². The number of halogens is 2. The Morgan fingerprint density at radius 3 is 2.56 bits per heavy atom. The van der Waals surface area contributed by atoms with Gasteiger partial charge in [-0.05, 0) is 56.4 Å². The van der Waals surface area contributed by atoms with Crippen LogP contribution >= 0.6 is 0 Å². The van der Waals surface area contributed by atoms with Crippen molar-refractivity contribution in [3.05, 3.63) is 94.6 Å².